The van der Waals surface area contributed by atoms with Crippen molar-refractivity contribution in [1.82, 2.24) is 4.98 Å². The fourth-order valence-electron chi connectivity index (χ4n) is 3.17. The van der Waals surface area contributed by atoms with Crippen molar-refractivity contribution in [1.29, 1.82) is 0 Å². The summed E-state index contributed by atoms with van der Waals surface area (Å²) in [5.41, 5.74) is 4.23. The van der Waals surface area contributed by atoms with E-state index in [1.165, 1.54) is 4.88 Å². The van der Waals surface area contributed by atoms with Crippen LogP contribution < -0.4 is 14.8 Å². The summed E-state index contributed by atoms with van der Waals surface area (Å²) in [6.45, 7) is 0. The van der Waals surface area contributed by atoms with Crippen LogP contribution in [0.15, 0.2) is 78.9 Å². The van der Waals surface area contributed by atoms with E-state index in [4.69, 9.17) is 14.5 Å². The Morgan fingerprint density at radius 2 is 1.55 bits per heavy atom. The third-order valence-electron chi connectivity index (χ3n) is 4.63. The first kappa shape index (κ1) is 19.0. The van der Waals surface area contributed by atoms with E-state index < -0.39 is 0 Å². The van der Waals surface area contributed by atoms with Crippen LogP contribution in [0.1, 0.15) is 10.4 Å². The molecule has 0 radical (unpaired) electrons. The lowest BCUT2D eigenvalue weighted by molar-refractivity contribution is 0.410. The zero-order chi connectivity index (χ0) is 20.1. The van der Waals surface area contributed by atoms with E-state index in [0.717, 1.165) is 45.6 Å². The lowest BCUT2D eigenvalue weighted by Crippen LogP contribution is -1.93. The van der Waals surface area contributed by atoms with E-state index in [-0.39, 0.29) is 0 Å². The van der Waals surface area contributed by atoms with E-state index in [0.29, 0.717) is 0 Å². The highest BCUT2D eigenvalue weighted by molar-refractivity contribution is 7.16. The van der Waals surface area contributed by atoms with Gasteiger partial charge in [-0.15, -0.1) is 11.3 Å². The van der Waals surface area contributed by atoms with Crippen molar-refractivity contribution in [2.24, 2.45) is 0 Å². The quantitative estimate of drug-likeness (QED) is 0.402. The highest BCUT2D eigenvalue weighted by Gasteiger charge is 2.15. The van der Waals surface area contributed by atoms with Gasteiger partial charge in [-0.25, -0.2) is 4.98 Å². The number of rotatable bonds is 7. The highest BCUT2D eigenvalue weighted by atomic mass is 32.1. The SMILES string of the molecule is COc1ccc(Nc2nc(-c3ccccc3)c(Cc3ccccc3OC)s2)cc1. The summed E-state index contributed by atoms with van der Waals surface area (Å²) in [5.74, 6) is 1.72. The summed E-state index contributed by atoms with van der Waals surface area (Å²) in [6.07, 6.45) is 0.760. The summed E-state index contributed by atoms with van der Waals surface area (Å²) >= 11 is 1.66. The minimum Gasteiger partial charge on any atom is -0.497 e. The van der Waals surface area contributed by atoms with Crippen molar-refractivity contribution in [2.75, 3.05) is 19.5 Å². The molecule has 0 aliphatic carbocycles. The molecule has 0 saturated carbocycles. The monoisotopic (exact) mass is 402 g/mol. The molecule has 0 fully saturated rings. The van der Waals surface area contributed by atoms with Crippen molar-refractivity contribution >= 4 is 22.2 Å². The molecule has 5 heteroatoms. The van der Waals surface area contributed by atoms with E-state index in [1.807, 2.05) is 60.7 Å². The first-order valence-electron chi connectivity index (χ1n) is 9.35. The lowest BCUT2D eigenvalue weighted by Gasteiger charge is -2.08. The normalized spacial score (nSPS) is 10.6. The lowest BCUT2D eigenvalue weighted by atomic mass is 10.1. The summed E-state index contributed by atoms with van der Waals surface area (Å²) in [6, 6.07) is 26.3. The van der Waals surface area contributed by atoms with Crippen LogP contribution in [0.25, 0.3) is 11.3 Å². The van der Waals surface area contributed by atoms with Gasteiger partial charge in [-0.2, -0.15) is 0 Å². The number of thiazole rings is 1. The molecule has 0 spiro atoms. The molecule has 146 valence electrons. The minimum atomic E-state index is 0.760. The van der Waals surface area contributed by atoms with Gasteiger partial charge in [0.05, 0.1) is 19.9 Å². The first-order chi connectivity index (χ1) is 14.3. The van der Waals surface area contributed by atoms with Gasteiger partial charge in [-0.05, 0) is 35.9 Å². The Hall–Kier alpha value is -3.31. The van der Waals surface area contributed by atoms with Crippen molar-refractivity contribution in [2.45, 2.75) is 6.42 Å². The number of hydrogen-bond acceptors (Lipinski definition) is 5. The van der Waals surface area contributed by atoms with E-state index in [1.54, 1.807) is 25.6 Å². The highest BCUT2D eigenvalue weighted by Crippen LogP contribution is 2.35. The molecule has 0 unspecified atom stereocenters. The molecule has 0 aliphatic heterocycles. The zero-order valence-corrected chi connectivity index (χ0v) is 17.2. The van der Waals surface area contributed by atoms with Gasteiger partial charge in [-0.1, -0.05) is 48.5 Å². The standard InChI is InChI=1S/C24H22N2O2S/c1-27-20-14-12-19(13-15-20)25-24-26-23(17-8-4-3-5-9-17)22(29-24)16-18-10-6-7-11-21(18)28-2/h3-15H,16H2,1-2H3,(H,25,26). The molecular formula is C24H22N2O2S. The van der Waals surface area contributed by atoms with Gasteiger partial charge in [0.2, 0.25) is 0 Å². The first-order valence-corrected chi connectivity index (χ1v) is 10.2. The fourth-order valence-corrected chi connectivity index (χ4v) is 4.19. The number of methoxy groups -OCH3 is 2. The van der Waals surface area contributed by atoms with Crippen LogP contribution in [-0.2, 0) is 6.42 Å². The van der Waals surface area contributed by atoms with Gasteiger partial charge in [-0.3, -0.25) is 0 Å². The number of benzene rings is 3. The predicted molar refractivity (Wildman–Crippen MR) is 120 cm³/mol. The molecule has 4 nitrogen and oxygen atoms in total. The molecular weight excluding hydrogens is 380 g/mol. The molecule has 1 heterocycles. The molecule has 29 heavy (non-hydrogen) atoms. The van der Waals surface area contributed by atoms with Crippen molar-refractivity contribution in [3.8, 4) is 22.8 Å². The van der Waals surface area contributed by atoms with Crippen molar-refractivity contribution in [3.63, 3.8) is 0 Å². The van der Waals surface area contributed by atoms with Gasteiger partial charge < -0.3 is 14.8 Å². The average Bonchev–Trinajstić information content (AvgIpc) is 3.17. The van der Waals surface area contributed by atoms with Crippen LogP contribution in [0.5, 0.6) is 11.5 Å². The number of hydrogen-bond donors (Lipinski definition) is 1. The summed E-state index contributed by atoms with van der Waals surface area (Å²) in [7, 11) is 3.37. The Balaban J connectivity index is 1.68. The van der Waals surface area contributed by atoms with Gasteiger partial charge >= 0.3 is 0 Å². The Labute approximate surface area is 174 Å². The molecule has 0 saturated heterocycles. The van der Waals surface area contributed by atoms with E-state index in [9.17, 15) is 0 Å². The summed E-state index contributed by atoms with van der Waals surface area (Å²) in [5, 5.41) is 4.28. The zero-order valence-electron chi connectivity index (χ0n) is 16.4. The summed E-state index contributed by atoms with van der Waals surface area (Å²) in [4.78, 5) is 6.10. The Morgan fingerprint density at radius 1 is 0.828 bits per heavy atom. The maximum Gasteiger partial charge on any atom is 0.187 e. The molecule has 0 aliphatic rings. The average molecular weight is 403 g/mol. The fraction of sp³-hybridized carbons (Fsp3) is 0.125. The predicted octanol–water partition coefficient (Wildman–Crippen LogP) is 6.16. The Kier molecular flexibility index (Phi) is 5.77. The maximum absolute atomic E-state index is 5.54. The van der Waals surface area contributed by atoms with E-state index in [2.05, 4.69) is 23.5 Å². The number of aromatic nitrogens is 1. The smallest absolute Gasteiger partial charge is 0.187 e. The topological polar surface area (TPSA) is 43.4 Å². The Morgan fingerprint density at radius 3 is 2.28 bits per heavy atom. The van der Waals surface area contributed by atoms with Crippen LogP contribution >= 0.6 is 11.3 Å². The maximum atomic E-state index is 5.54. The van der Waals surface area contributed by atoms with Crippen molar-refractivity contribution < 1.29 is 9.47 Å². The van der Waals surface area contributed by atoms with Crippen LogP contribution in [0.4, 0.5) is 10.8 Å². The van der Waals surface area contributed by atoms with Crippen LogP contribution in [-0.4, -0.2) is 19.2 Å². The second-order valence-corrected chi connectivity index (χ2v) is 7.58. The van der Waals surface area contributed by atoms with Gasteiger partial charge in [0.1, 0.15) is 11.5 Å². The number of nitrogens with zero attached hydrogens (tertiary/aromatic N) is 1. The van der Waals surface area contributed by atoms with Crippen LogP contribution in [0.2, 0.25) is 0 Å². The van der Waals surface area contributed by atoms with Crippen molar-refractivity contribution in [3.05, 3.63) is 89.3 Å². The third kappa shape index (κ3) is 4.41. The van der Waals surface area contributed by atoms with Crippen LogP contribution in [0, 0.1) is 0 Å². The second-order valence-electron chi connectivity index (χ2n) is 6.50. The molecule has 1 N–H and O–H groups in total. The number of anilines is 2. The van der Waals surface area contributed by atoms with Gasteiger partial charge in [0.15, 0.2) is 5.13 Å². The van der Waals surface area contributed by atoms with E-state index >= 15 is 0 Å². The molecule has 1 aromatic heterocycles. The molecule has 4 rings (SSSR count). The molecule has 0 amide bonds. The number of para-hydroxylation sites is 1. The molecule has 3 aromatic carbocycles. The van der Waals surface area contributed by atoms with Gasteiger partial charge in [0, 0.05) is 22.5 Å². The molecule has 4 aromatic rings. The molecule has 0 atom stereocenters. The number of ether oxygens (including phenoxy) is 2. The largest absolute Gasteiger partial charge is 0.497 e. The summed E-state index contributed by atoms with van der Waals surface area (Å²) < 4.78 is 10.8. The third-order valence-corrected chi connectivity index (χ3v) is 5.60. The van der Waals surface area contributed by atoms with Gasteiger partial charge in [0.25, 0.3) is 0 Å². The minimum absolute atomic E-state index is 0.760. The molecule has 0 bridgehead atoms. The second kappa shape index (κ2) is 8.80. The van der Waals surface area contributed by atoms with Crippen LogP contribution in [0.3, 0.4) is 0 Å². The number of nitrogens with one attached hydrogen (secondary N) is 1. The Bertz CT molecular complexity index is 1080.